The number of fused-ring (bicyclic) bond motifs is 2. The van der Waals surface area contributed by atoms with E-state index in [0.29, 0.717) is 19.1 Å². The largest absolute Gasteiger partial charge is 0.410 e. The van der Waals surface area contributed by atoms with E-state index in [-0.39, 0.29) is 23.8 Å². The second kappa shape index (κ2) is 7.02. The Balaban J connectivity index is 1.42. The molecule has 2 saturated heterocycles. The minimum absolute atomic E-state index is 0.0834. The van der Waals surface area contributed by atoms with E-state index < -0.39 is 18.3 Å². The van der Waals surface area contributed by atoms with Gasteiger partial charge in [0.1, 0.15) is 5.82 Å². The minimum atomic E-state index is -4.44. The van der Waals surface area contributed by atoms with Crippen LogP contribution in [0.5, 0.6) is 0 Å². The zero-order valence-corrected chi connectivity index (χ0v) is 16.5. The first-order valence-electron chi connectivity index (χ1n) is 9.89. The maximum absolute atomic E-state index is 13.8. The Morgan fingerprint density at radius 1 is 1.28 bits per heavy atom. The van der Waals surface area contributed by atoms with Crippen molar-refractivity contribution in [2.45, 2.75) is 43.6 Å². The second-order valence-corrected chi connectivity index (χ2v) is 8.93. The van der Waals surface area contributed by atoms with Gasteiger partial charge < -0.3 is 10.2 Å². The fraction of sp³-hybridized carbons (Fsp3) is 0.579. The molecule has 156 valence electrons. The second-order valence-electron chi connectivity index (χ2n) is 7.95. The number of rotatable bonds is 2. The lowest BCUT2D eigenvalue weighted by atomic mass is 10.0. The molecule has 0 aliphatic carbocycles. The monoisotopic (exact) mass is 425 g/mol. The van der Waals surface area contributed by atoms with Crippen LogP contribution in [0.3, 0.4) is 0 Å². The smallest absolute Gasteiger partial charge is 0.363 e. The zero-order valence-electron chi connectivity index (χ0n) is 15.7. The van der Waals surface area contributed by atoms with Crippen molar-refractivity contribution in [1.29, 1.82) is 0 Å². The predicted molar refractivity (Wildman–Crippen MR) is 103 cm³/mol. The van der Waals surface area contributed by atoms with Gasteiger partial charge in [-0.1, -0.05) is 6.07 Å². The van der Waals surface area contributed by atoms with Crippen LogP contribution >= 0.6 is 11.3 Å². The number of halogens is 3. The van der Waals surface area contributed by atoms with E-state index in [9.17, 15) is 18.0 Å². The first-order valence-corrected chi connectivity index (χ1v) is 10.8. The van der Waals surface area contributed by atoms with Gasteiger partial charge in [0.25, 0.3) is 5.91 Å². The van der Waals surface area contributed by atoms with Gasteiger partial charge in [-0.25, -0.2) is 4.68 Å². The number of aromatic nitrogens is 2. The zero-order chi connectivity index (χ0) is 20.2. The Kier molecular flexibility index (Phi) is 4.58. The average molecular weight is 425 g/mol. The number of nitrogens with one attached hydrogen (secondary N) is 1. The average Bonchev–Trinajstić information content (AvgIpc) is 3.44. The summed E-state index contributed by atoms with van der Waals surface area (Å²) in [7, 11) is 0. The van der Waals surface area contributed by atoms with E-state index in [1.165, 1.54) is 17.4 Å². The predicted octanol–water partition coefficient (Wildman–Crippen LogP) is 3.53. The molecule has 3 aliphatic heterocycles. The number of amides is 1. The number of thiophene rings is 1. The van der Waals surface area contributed by atoms with Crippen molar-refractivity contribution >= 4 is 23.1 Å². The fourth-order valence-electron chi connectivity index (χ4n) is 4.69. The van der Waals surface area contributed by atoms with Crippen LogP contribution in [0.2, 0.25) is 0 Å². The highest BCUT2D eigenvalue weighted by molar-refractivity contribution is 7.10. The fourth-order valence-corrected chi connectivity index (χ4v) is 5.48. The lowest BCUT2D eigenvalue weighted by Gasteiger charge is -2.37. The number of alkyl halides is 3. The van der Waals surface area contributed by atoms with Gasteiger partial charge in [-0.05, 0) is 30.8 Å². The molecule has 6 nitrogen and oxygen atoms in total. The summed E-state index contributed by atoms with van der Waals surface area (Å²) in [5, 5.41) is 9.11. The maximum atomic E-state index is 13.8. The van der Waals surface area contributed by atoms with E-state index in [1.807, 2.05) is 17.5 Å². The third kappa shape index (κ3) is 3.42. The minimum Gasteiger partial charge on any atom is -0.363 e. The molecule has 29 heavy (non-hydrogen) atoms. The summed E-state index contributed by atoms with van der Waals surface area (Å²) in [5.41, 5.74) is 0.0834. The Labute approximate surface area is 170 Å². The topological polar surface area (TPSA) is 53.4 Å². The van der Waals surface area contributed by atoms with Crippen LogP contribution in [0.4, 0.5) is 19.0 Å². The third-order valence-corrected chi connectivity index (χ3v) is 7.16. The van der Waals surface area contributed by atoms with Crippen molar-refractivity contribution in [3.63, 3.8) is 0 Å². The number of carbonyl (C=O) groups excluding carboxylic acids is 1. The van der Waals surface area contributed by atoms with Gasteiger partial charge in [-0.15, -0.1) is 11.3 Å². The van der Waals surface area contributed by atoms with E-state index >= 15 is 0 Å². The van der Waals surface area contributed by atoms with E-state index in [4.69, 9.17) is 0 Å². The number of nitrogens with zero attached hydrogens (tertiary/aromatic N) is 4. The third-order valence-electron chi connectivity index (χ3n) is 6.17. The molecular weight excluding hydrogens is 403 g/mol. The first-order chi connectivity index (χ1) is 13.9. The lowest BCUT2D eigenvalue weighted by Crippen LogP contribution is -2.52. The molecule has 0 bridgehead atoms. The molecule has 1 N–H and O–H groups in total. The Morgan fingerprint density at radius 3 is 2.90 bits per heavy atom. The molecule has 0 saturated carbocycles. The molecule has 2 aromatic rings. The molecule has 5 heterocycles. The SMILES string of the molecule is O=C(c1cc2n(n1)C(C(F)(F)F)CC(c1cccs1)N2)N1CCN2CCCC2C1. The highest BCUT2D eigenvalue weighted by Gasteiger charge is 2.47. The molecule has 3 atom stereocenters. The highest BCUT2D eigenvalue weighted by Crippen LogP contribution is 2.44. The molecule has 0 spiro atoms. The van der Waals surface area contributed by atoms with Crippen LogP contribution in [0, 0.1) is 0 Å². The standard InChI is InChI=1S/C19H22F3N5OS/c20-19(21,22)16-9-13(15-4-2-8-29-15)23-17-10-14(24-27(16)17)18(28)26-7-6-25-5-1-3-12(25)11-26/h2,4,8,10,12-13,16,23H,1,3,5-7,9,11H2. The summed E-state index contributed by atoms with van der Waals surface area (Å²) in [6.45, 7) is 3.08. The Morgan fingerprint density at radius 2 is 2.14 bits per heavy atom. The van der Waals surface area contributed by atoms with Crippen molar-refractivity contribution in [3.05, 3.63) is 34.2 Å². The van der Waals surface area contributed by atoms with E-state index in [2.05, 4.69) is 15.3 Å². The maximum Gasteiger partial charge on any atom is 0.410 e. The van der Waals surface area contributed by atoms with Crippen LogP contribution < -0.4 is 5.32 Å². The van der Waals surface area contributed by atoms with Crippen LogP contribution in [0.25, 0.3) is 0 Å². The molecular formula is C19H22F3N5OS. The molecule has 3 unspecified atom stereocenters. The summed E-state index contributed by atoms with van der Waals surface area (Å²) in [6.07, 6.45) is -2.39. The van der Waals surface area contributed by atoms with Crippen LogP contribution in [-0.2, 0) is 0 Å². The van der Waals surface area contributed by atoms with Gasteiger partial charge >= 0.3 is 6.18 Å². The number of anilines is 1. The van der Waals surface area contributed by atoms with Gasteiger partial charge in [-0.2, -0.15) is 18.3 Å². The normalized spacial score (nSPS) is 27.4. The number of piperazine rings is 1. The molecule has 2 fully saturated rings. The first kappa shape index (κ1) is 18.9. The van der Waals surface area contributed by atoms with Gasteiger partial charge in [0.15, 0.2) is 11.7 Å². The van der Waals surface area contributed by atoms with Gasteiger partial charge in [0.05, 0.1) is 6.04 Å². The lowest BCUT2D eigenvalue weighted by molar-refractivity contribution is -0.173. The highest BCUT2D eigenvalue weighted by atomic mass is 32.1. The molecule has 0 radical (unpaired) electrons. The molecule has 3 aliphatic rings. The number of carbonyl (C=O) groups is 1. The summed E-state index contributed by atoms with van der Waals surface area (Å²) in [5.74, 6) is -0.0336. The van der Waals surface area contributed by atoms with E-state index in [0.717, 1.165) is 35.5 Å². The quantitative estimate of drug-likeness (QED) is 0.800. The van der Waals surface area contributed by atoms with Crippen molar-refractivity contribution in [1.82, 2.24) is 19.6 Å². The summed E-state index contributed by atoms with van der Waals surface area (Å²) >= 11 is 1.42. The summed E-state index contributed by atoms with van der Waals surface area (Å²) in [6, 6.07) is 3.29. The van der Waals surface area contributed by atoms with Crippen LogP contribution in [0.1, 0.15) is 46.7 Å². The van der Waals surface area contributed by atoms with Crippen LogP contribution in [0.15, 0.2) is 23.6 Å². The van der Waals surface area contributed by atoms with Crippen LogP contribution in [-0.4, -0.2) is 63.9 Å². The van der Waals surface area contributed by atoms with Crippen molar-refractivity contribution in [2.75, 3.05) is 31.5 Å². The Hall–Kier alpha value is -2.07. The van der Waals surface area contributed by atoms with Crippen molar-refractivity contribution < 1.29 is 18.0 Å². The molecule has 2 aromatic heterocycles. The molecule has 1 amide bonds. The number of hydrogen-bond acceptors (Lipinski definition) is 5. The van der Waals surface area contributed by atoms with Gasteiger partial charge in [-0.3, -0.25) is 9.69 Å². The molecule has 10 heteroatoms. The van der Waals surface area contributed by atoms with Gasteiger partial charge in [0.2, 0.25) is 0 Å². The van der Waals surface area contributed by atoms with E-state index in [1.54, 1.807) is 4.90 Å². The van der Waals surface area contributed by atoms with Crippen molar-refractivity contribution in [2.24, 2.45) is 0 Å². The summed E-state index contributed by atoms with van der Waals surface area (Å²) in [4.78, 5) is 18.0. The molecule has 5 rings (SSSR count). The number of hydrogen-bond donors (Lipinski definition) is 1. The Bertz CT molecular complexity index is 896. The summed E-state index contributed by atoms with van der Waals surface area (Å²) < 4.78 is 42.2. The van der Waals surface area contributed by atoms with Crippen molar-refractivity contribution in [3.8, 4) is 0 Å². The molecule has 0 aromatic carbocycles. The van der Waals surface area contributed by atoms with Gasteiger partial charge in [0, 0.05) is 43.0 Å².